The molecule has 1 aliphatic heterocycles. The largest absolute Gasteiger partial charge is 0.361 e. The molecule has 1 aliphatic rings. The minimum absolute atomic E-state index is 0.415. The highest BCUT2D eigenvalue weighted by atomic mass is 15.3. The lowest BCUT2D eigenvalue weighted by Gasteiger charge is -2.27. The summed E-state index contributed by atoms with van der Waals surface area (Å²) >= 11 is 0. The molecule has 0 radical (unpaired) electrons. The molecule has 0 unspecified atom stereocenters. The monoisotopic (exact) mass is 504 g/mol. The van der Waals surface area contributed by atoms with E-state index in [1.807, 2.05) is 18.6 Å². The van der Waals surface area contributed by atoms with Crippen LogP contribution in [0.2, 0.25) is 0 Å². The van der Waals surface area contributed by atoms with E-state index in [0.717, 1.165) is 43.9 Å². The first-order chi connectivity index (χ1) is 18.5. The molecule has 38 heavy (non-hydrogen) atoms. The highest BCUT2D eigenvalue weighted by Gasteiger charge is 2.29. The molecule has 1 N–H and O–H groups in total. The Morgan fingerprint density at radius 2 is 1.71 bits per heavy atom. The van der Waals surface area contributed by atoms with Gasteiger partial charge in [-0.05, 0) is 54.0 Å². The van der Waals surface area contributed by atoms with Crippen molar-refractivity contribution < 1.29 is 0 Å². The van der Waals surface area contributed by atoms with Gasteiger partial charge >= 0.3 is 0 Å². The third kappa shape index (κ3) is 3.99. The number of anilines is 1. The van der Waals surface area contributed by atoms with Gasteiger partial charge in [-0.25, -0.2) is 14.6 Å². The standard InChI is InChI=1S/C32H36N6/c1-6-22-9-8-10-23(7-2)30(22)38-31(26-12-11-21(5)29-25(26)13-15-33-29)27-19-37(16-14-28(27)36-38)32-34-17-24(18-35-32)20(3)4/h8-13,15,17-18,20,33H,6-7,14,16,19H2,1-5H3. The third-order valence-corrected chi connectivity index (χ3v) is 8.01. The van der Waals surface area contributed by atoms with E-state index in [9.17, 15) is 0 Å². The highest BCUT2D eigenvalue weighted by Crippen LogP contribution is 2.39. The predicted molar refractivity (Wildman–Crippen MR) is 155 cm³/mol. The minimum atomic E-state index is 0.415. The molecule has 6 nitrogen and oxygen atoms in total. The van der Waals surface area contributed by atoms with Crippen molar-refractivity contribution >= 4 is 16.9 Å². The van der Waals surface area contributed by atoms with Crippen LogP contribution in [0.5, 0.6) is 0 Å². The molecule has 0 saturated carbocycles. The maximum atomic E-state index is 5.33. The Balaban J connectivity index is 1.56. The van der Waals surface area contributed by atoms with E-state index in [0.29, 0.717) is 5.92 Å². The number of rotatable bonds is 6. The molecule has 4 heterocycles. The van der Waals surface area contributed by atoms with Crippen molar-refractivity contribution in [1.82, 2.24) is 24.7 Å². The predicted octanol–water partition coefficient (Wildman–Crippen LogP) is 6.93. The fourth-order valence-corrected chi connectivity index (χ4v) is 5.77. The third-order valence-electron chi connectivity index (χ3n) is 8.01. The number of aryl methyl sites for hydroxylation is 3. The van der Waals surface area contributed by atoms with Gasteiger partial charge in [0, 0.05) is 60.1 Å². The van der Waals surface area contributed by atoms with E-state index in [4.69, 9.17) is 15.1 Å². The average Bonchev–Trinajstić information content (AvgIpc) is 3.58. The molecule has 5 aromatic rings. The van der Waals surface area contributed by atoms with Gasteiger partial charge in [-0.3, -0.25) is 0 Å². The smallest absolute Gasteiger partial charge is 0.225 e. The molecule has 0 bridgehead atoms. The number of fused-ring (bicyclic) bond motifs is 2. The van der Waals surface area contributed by atoms with Gasteiger partial charge in [-0.2, -0.15) is 5.10 Å². The van der Waals surface area contributed by atoms with Gasteiger partial charge in [0.2, 0.25) is 5.95 Å². The second-order valence-electron chi connectivity index (χ2n) is 10.7. The molecule has 6 rings (SSSR count). The normalized spacial score (nSPS) is 13.5. The molecule has 0 atom stereocenters. The van der Waals surface area contributed by atoms with E-state index >= 15 is 0 Å². The summed E-state index contributed by atoms with van der Waals surface area (Å²) in [7, 11) is 0. The number of benzene rings is 2. The first-order valence-electron chi connectivity index (χ1n) is 13.9. The number of para-hydroxylation sites is 1. The Labute approximate surface area is 224 Å². The van der Waals surface area contributed by atoms with Gasteiger partial charge in [-0.15, -0.1) is 0 Å². The number of aromatic amines is 1. The van der Waals surface area contributed by atoms with Crippen molar-refractivity contribution in [2.24, 2.45) is 0 Å². The molecule has 3 aromatic heterocycles. The van der Waals surface area contributed by atoms with E-state index in [2.05, 4.69) is 85.6 Å². The lowest BCUT2D eigenvalue weighted by Crippen LogP contribution is -2.31. The quantitative estimate of drug-likeness (QED) is 0.272. The zero-order chi connectivity index (χ0) is 26.4. The van der Waals surface area contributed by atoms with Crippen molar-refractivity contribution in [3.8, 4) is 16.9 Å². The van der Waals surface area contributed by atoms with Crippen LogP contribution in [0.25, 0.3) is 27.8 Å². The lowest BCUT2D eigenvalue weighted by atomic mass is 9.96. The van der Waals surface area contributed by atoms with E-state index in [-0.39, 0.29) is 0 Å². The summed E-state index contributed by atoms with van der Waals surface area (Å²) in [6.07, 6.45) is 8.78. The molecular formula is C32H36N6. The van der Waals surface area contributed by atoms with E-state index < -0.39 is 0 Å². The molecule has 0 amide bonds. The van der Waals surface area contributed by atoms with Crippen LogP contribution in [0, 0.1) is 6.92 Å². The summed E-state index contributed by atoms with van der Waals surface area (Å²) in [4.78, 5) is 15.3. The maximum Gasteiger partial charge on any atom is 0.225 e. The van der Waals surface area contributed by atoms with Gasteiger partial charge in [0.25, 0.3) is 0 Å². The van der Waals surface area contributed by atoms with Gasteiger partial charge in [0.1, 0.15) is 0 Å². The highest BCUT2D eigenvalue weighted by molar-refractivity contribution is 5.97. The summed E-state index contributed by atoms with van der Waals surface area (Å²) in [5.74, 6) is 1.20. The fraction of sp³-hybridized carbons (Fsp3) is 0.344. The van der Waals surface area contributed by atoms with Crippen LogP contribution in [-0.2, 0) is 25.8 Å². The number of aromatic nitrogens is 5. The number of hydrogen-bond donors (Lipinski definition) is 1. The molecule has 0 saturated heterocycles. The van der Waals surface area contributed by atoms with Crippen LogP contribution in [0.4, 0.5) is 5.95 Å². The number of nitrogens with zero attached hydrogens (tertiary/aromatic N) is 5. The summed E-state index contributed by atoms with van der Waals surface area (Å²) in [6.45, 7) is 12.6. The molecule has 0 fully saturated rings. The van der Waals surface area contributed by atoms with Gasteiger partial charge in [0.15, 0.2) is 0 Å². The Kier molecular flexibility index (Phi) is 6.26. The van der Waals surface area contributed by atoms with Gasteiger partial charge < -0.3 is 9.88 Å². The average molecular weight is 505 g/mol. The SMILES string of the molecule is CCc1cccc(CC)c1-n1nc2c(c1-c1ccc(C)c3[nH]ccc13)CN(c1ncc(C(C)C)cn1)CC2. The summed E-state index contributed by atoms with van der Waals surface area (Å²) in [5, 5.41) is 6.56. The van der Waals surface area contributed by atoms with Gasteiger partial charge in [-0.1, -0.05) is 58.0 Å². The molecular weight excluding hydrogens is 468 g/mol. The Hall–Kier alpha value is -3.93. The zero-order valence-corrected chi connectivity index (χ0v) is 23.0. The van der Waals surface area contributed by atoms with Crippen LogP contribution in [0.3, 0.4) is 0 Å². The lowest BCUT2D eigenvalue weighted by molar-refractivity contribution is 0.692. The Morgan fingerprint density at radius 3 is 2.39 bits per heavy atom. The second kappa shape index (κ2) is 9.75. The van der Waals surface area contributed by atoms with Crippen LogP contribution in [0.1, 0.15) is 67.1 Å². The van der Waals surface area contributed by atoms with Crippen LogP contribution in [0.15, 0.2) is 55.0 Å². The first kappa shape index (κ1) is 24.4. The van der Waals surface area contributed by atoms with Crippen molar-refractivity contribution in [3.63, 3.8) is 0 Å². The molecule has 194 valence electrons. The van der Waals surface area contributed by atoms with Crippen molar-refractivity contribution in [2.45, 2.75) is 66.3 Å². The minimum Gasteiger partial charge on any atom is -0.361 e. The maximum absolute atomic E-state index is 5.33. The van der Waals surface area contributed by atoms with Crippen LogP contribution >= 0.6 is 0 Å². The zero-order valence-electron chi connectivity index (χ0n) is 23.0. The number of hydrogen-bond acceptors (Lipinski definition) is 4. The van der Waals surface area contributed by atoms with E-state index in [1.54, 1.807) is 0 Å². The van der Waals surface area contributed by atoms with Crippen LogP contribution < -0.4 is 4.90 Å². The van der Waals surface area contributed by atoms with Crippen molar-refractivity contribution in [2.75, 3.05) is 11.4 Å². The van der Waals surface area contributed by atoms with E-state index in [1.165, 1.54) is 55.8 Å². The van der Waals surface area contributed by atoms with Gasteiger partial charge in [0.05, 0.1) is 17.1 Å². The van der Waals surface area contributed by atoms with Crippen LogP contribution in [-0.4, -0.2) is 31.3 Å². The Morgan fingerprint density at radius 1 is 0.974 bits per heavy atom. The fourth-order valence-electron chi connectivity index (χ4n) is 5.77. The van der Waals surface area contributed by atoms with Crippen molar-refractivity contribution in [3.05, 3.63) is 88.5 Å². The first-order valence-corrected chi connectivity index (χ1v) is 13.9. The summed E-state index contributed by atoms with van der Waals surface area (Å²) < 4.78 is 2.26. The Bertz CT molecular complexity index is 1580. The van der Waals surface area contributed by atoms with Crippen molar-refractivity contribution in [1.29, 1.82) is 0 Å². The second-order valence-corrected chi connectivity index (χ2v) is 10.7. The topological polar surface area (TPSA) is 62.6 Å². The molecule has 2 aromatic carbocycles. The summed E-state index contributed by atoms with van der Waals surface area (Å²) in [6, 6.07) is 13.4. The molecule has 0 aliphatic carbocycles. The molecule has 6 heteroatoms. The summed E-state index contributed by atoms with van der Waals surface area (Å²) in [5.41, 5.74) is 12.3. The number of H-pyrrole nitrogens is 1. The molecule has 0 spiro atoms. The number of nitrogens with one attached hydrogen (secondary N) is 1.